The molecule has 1 aromatic carbocycles. The van der Waals surface area contributed by atoms with Crippen molar-refractivity contribution in [2.24, 2.45) is 5.92 Å². The van der Waals surface area contributed by atoms with Crippen molar-refractivity contribution in [3.63, 3.8) is 0 Å². The number of rotatable bonds is 3. The molecule has 1 saturated carbocycles. The van der Waals surface area contributed by atoms with Crippen LogP contribution in [0, 0.1) is 5.92 Å². The molecular weight excluding hydrogens is 384 g/mol. The molecule has 3 amide bonds. The zero-order valence-electron chi connectivity index (χ0n) is 16.9. The van der Waals surface area contributed by atoms with Gasteiger partial charge in [0, 0.05) is 6.54 Å². The number of fused-ring (bicyclic) bond motifs is 1. The molecule has 2 aliphatic heterocycles. The Bertz CT molecular complexity index is 911. The number of hydrogen-bond donors (Lipinski definition) is 1. The summed E-state index contributed by atoms with van der Waals surface area (Å²) in [7, 11) is 0. The summed E-state index contributed by atoms with van der Waals surface area (Å²) in [6.45, 7) is 3.35. The highest BCUT2D eigenvalue weighted by Gasteiger charge is 2.55. The van der Waals surface area contributed by atoms with Crippen LogP contribution in [0.4, 0.5) is 4.79 Å². The van der Waals surface area contributed by atoms with E-state index in [1.165, 1.54) is 9.60 Å². The molecule has 29 heavy (non-hydrogen) atoms. The predicted molar refractivity (Wildman–Crippen MR) is 114 cm³/mol. The Balaban J connectivity index is 1.39. The lowest BCUT2D eigenvalue weighted by Crippen LogP contribution is -2.54. The summed E-state index contributed by atoms with van der Waals surface area (Å²) in [5, 5.41) is 4.18. The molecule has 1 aliphatic carbocycles. The number of carbonyl (C=O) groups is 2. The van der Waals surface area contributed by atoms with Crippen molar-refractivity contribution in [1.82, 2.24) is 20.1 Å². The number of aromatic nitrogens is 1. The van der Waals surface area contributed by atoms with Crippen LogP contribution in [0.25, 0.3) is 10.2 Å². The lowest BCUT2D eigenvalue weighted by atomic mass is 9.73. The van der Waals surface area contributed by atoms with Gasteiger partial charge >= 0.3 is 6.03 Å². The van der Waals surface area contributed by atoms with E-state index in [1.54, 1.807) is 11.3 Å². The molecule has 3 heterocycles. The minimum absolute atomic E-state index is 0.0247. The van der Waals surface area contributed by atoms with E-state index in [1.807, 2.05) is 18.2 Å². The minimum Gasteiger partial charge on any atom is -0.323 e. The molecule has 1 aromatic heterocycles. The van der Waals surface area contributed by atoms with Gasteiger partial charge in [-0.2, -0.15) is 0 Å². The molecule has 6 nitrogen and oxygen atoms in total. The summed E-state index contributed by atoms with van der Waals surface area (Å²) in [5.41, 5.74) is 0.347. The van der Waals surface area contributed by atoms with Crippen LogP contribution in [0.15, 0.2) is 24.3 Å². The van der Waals surface area contributed by atoms with Gasteiger partial charge < -0.3 is 5.32 Å². The van der Waals surface area contributed by atoms with Crippen molar-refractivity contribution in [2.45, 2.75) is 63.5 Å². The first-order valence-corrected chi connectivity index (χ1v) is 11.6. The maximum atomic E-state index is 13.4. The smallest absolute Gasteiger partial charge is 0.323 e. The highest BCUT2D eigenvalue weighted by Crippen LogP contribution is 2.40. The third-order valence-electron chi connectivity index (χ3n) is 7.03. The van der Waals surface area contributed by atoms with Crippen LogP contribution in [0.3, 0.4) is 0 Å². The maximum Gasteiger partial charge on any atom is 0.326 e. The summed E-state index contributed by atoms with van der Waals surface area (Å²) >= 11 is 1.73. The SMILES string of the molecule is CC1CCCCC12NC(=O)N(CN1CCCCC1c1nc3ccccc3s1)C2=O. The van der Waals surface area contributed by atoms with E-state index in [2.05, 4.69) is 23.2 Å². The Morgan fingerprint density at radius 1 is 1.17 bits per heavy atom. The first kappa shape index (κ1) is 19.0. The number of amides is 3. The topological polar surface area (TPSA) is 65.5 Å². The first-order chi connectivity index (χ1) is 14.1. The number of para-hydroxylation sites is 1. The minimum atomic E-state index is -0.684. The van der Waals surface area contributed by atoms with E-state index in [9.17, 15) is 9.59 Å². The Labute approximate surface area is 175 Å². The molecule has 2 aromatic rings. The zero-order valence-corrected chi connectivity index (χ0v) is 17.7. The fourth-order valence-electron chi connectivity index (χ4n) is 5.28. The zero-order chi connectivity index (χ0) is 20.0. The average molecular weight is 413 g/mol. The molecule has 7 heteroatoms. The third-order valence-corrected chi connectivity index (χ3v) is 8.17. The molecule has 3 unspecified atom stereocenters. The summed E-state index contributed by atoms with van der Waals surface area (Å²) in [6.07, 6.45) is 7.16. The van der Waals surface area contributed by atoms with Gasteiger partial charge in [0.2, 0.25) is 0 Å². The summed E-state index contributed by atoms with van der Waals surface area (Å²) < 4.78 is 1.19. The molecule has 1 spiro atoms. The fourth-order valence-corrected chi connectivity index (χ4v) is 6.42. The molecule has 154 valence electrons. The number of hydrogen-bond acceptors (Lipinski definition) is 5. The standard InChI is InChI=1S/C22H28N4O2S/c1-15-8-4-6-12-22(15)20(27)26(21(28)24-22)14-25-13-7-5-10-17(25)19-23-16-9-2-3-11-18(16)29-19/h2-3,9,11,15,17H,4-8,10,12-14H2,1H3,(H,24,28). The van der Waals surface area contributed by atoms with E-state index in [4.69, 9.17) is 4.98 Å². The van der Waals surface area contributed by atoms with Crippen molar-refractivity contribution in [3.05, 3.63) is 29.3 Å². The Morgan fingerprint density at radius 3 is 2.83 bits per heavy atom. The van der Waals surface area contributed by atoms with Crippen LogP contribution < -0.4 is 5.32 Å². The number of thiazole rings is 1. The van der Waals surface area contributed by atoms with E-state index < -0.39 is 5.54 Å². The molecule has 0 radical (unpaired) electrons. The van der Waals surface area contributed by atoms with E-state index >= 15 is 0 Å². The number of likely N-dealkylation sites (tertiary alicyclic amines) is 1. The van der Waals surface area contributed by atoms with Crippen molar-refractivity contribution in [3.8, 4) is 0 Å². The second-order valence-electron chi connectivity index (χ2n) is 8.77. The number of piperidine rings is 1. The van der Waals surface area contributed by atoms with Crippen molar-refractivity contribution in [1.29, 1.82) is 0 Å². The van der Waals surface area contributed by atoms with Crippen LogP contribution in [0.2, 0.25) is 0 Å². The molecule has 3 fully saturated rings. The largest absolute Gasteiger partial charge is 0.326 e. The van der Waals surface area contributed by atoms with E-state index in [0.717, 1.165) is 62.0 Å². The van der Waals surface area contributed by atoms with Gasteiger partial charge in [-0.3, -0.25) is 9.69 Å². The highest BCUT2D eigenvalue weighted by molar-refractivity contribution is 7.18. The van der Waals surface area contributed by atoms with Gasteiger partial charge in [0.1, 0.15) is 10.5 Å². The Morgan fingerprint density at radius 2 is 2.00 bits per heavy atom. The lowest BCUT2D eigenvalue weighted by Gasteiger charge is -2.38. The van der Waals surface area contributed by atoms with Crippen LogP contribution >= 0.6 is 11.3 Å². The normalized spacial score (nSPS) is 31.0. The van der Waals surface area contributed by atoms with Crippen molar-refractivity contribution >= 4 is 33.5 Å². The molecular formula is C22H28N4O2S. The van der Waals surface area contributed by atoms with Crippen molar-refractivity contribution < 1.29 is 9.59 Å². The second-order valence-corrected chi connectivity index (χ2v) is 9.83. The second kappa shape index (κ2) is 7.36. The number of nitrogens with one attached hydrogen (secondary N) is 1. The van der Waals surface area contributed by atoms with E-state index in [-0.39, 0.29) is 23.9 Å². The quantitative estimate of drug-likeness (QED) is 0.764. The lowest BCUT2D eigenvalue weighted by molar-refractivity contribution is -0.136. The molecule has 0 bridgehead atoms. The number of nitrogens with zero attached hydrogens (tertiary/aromatic N) is 3. The maximum absolute atomic E-state index is 13.4. The van der Waals surface area contributed by atoms with Crippen LogP contribution in [0.1, 0.15) is 62.9 Å². The van der Waals surface area contributed by atoms with Crippen LogP contribution in [-0.2, 0) is 4.79 Å². The highest BCUT2D eigenvalue weighted by atomic mass is 32.1. The third kappa shape index (κ3) is 3.15. The summed E-state index contributed by atoms with van der Waals surface area (Å²) in [4.78, 5) is 34.8. The number of benzene rings is 1. The molecule has 2 saturated heterocycles. The number of urea groups is 1. The van der Waals surface area contributed by atoms with Crippen molar-refractivity contribution in [2.75, 3.05) is 13.2 Å². The average Bonchev–Trinajstić information content (AvgIpc) is 3.26. The Hall–Kier alpha value is -1.99. The Kier molecular flexibility index (Phi) is 4.82. The van der Waals surface area contributed by atoms with Gasteiger partial charge in [-0.1, -0.05) is 38.3 Å². The van der Waals surface area contributed by atoms with Gasteiger partial charge in [-0.25, -0.2) is 14.7 Å². The fraction of sp³-hybridized carbons (Fsp3) is 0.591. The van der Waals surface area contributed by atoms with Gasteiger partial charge in [0.15, 0.2) is 0 Å². The molecule has 3 aliphatic rings. The molecule has 1 N–H and O–H groups in total. The first-order valence-electron chi connectivity index (χ1n) is 10.8. The van der Waals surface area contributed by atoms with Gasteiger partial charge in [0.25, 0.3) is 5.91 Å². The van der Waals surface area contributed by atoms with Crippen LogP contribution in [-0.4, -0.2) is 45.5 Å². The predicted octanol–water partition coefficient (Wildman–Crippen LogP) is 4.28. The molecule has 5 rings (SSSR count). The summed E-state index contributed by atoms with van der Waals surface area (Å²) in [6, 6.07) is 8.16. The monoisotopic (exact) mass is 412 g/mol. The summed E-state index contributed by atoms with van der Waals surface area (Å²) in [5.74, 6) is 0.169. The number of carbonyl (C=O) groups excluding carboxylic acids is 2. The van der Waals surface area contributed by atoms with Gasteiger partial charge in [-0.05, 0) is 43.7 Å². The van der Waals surface area contributed by atoms with Gasteiger partial charge in [0.05, 0.1) is 22.9 Å². The van der Waals surface area contributed by atoms with Gasteiger partial charge in [-0.15, -0.1) is 11.3 Å². The van der Waals surface area contributed by atoms with Crippen LogP contribution in [0.5, 0.6) is 0 Å². The van der Waals surface area contributed by atoms with E-state index in [0.29, 0.717) is 6.67 Å². The number of imide groups is 1. The molecule has 3 atom stereocenters.